The fraction of sp³-hybridized carbons (Fsp3) is 0.920. The first-order valence-electron chi connectivity index (χ1n) is 11.4. The van der Waals surface area contributed by atoms with Crippen molar-refractivity contribution in [2.24, 2.45) is 46.3 Å². The van der Waals surface area contributed by atoms with Crippen molar-refractivity contribution < 1.29 is 4.74 Å². The summed E-state index contributed by atoms with van der Waals surface area (Å²) < 4.78 is 6.65. The zero-order valence-corrected chi connectivity index (χ0v) is 18.2. The highest BCUT2D eigenvalue weighted by Crippen LogP contribution is 2.56. The first kappa shape index (κ1) is 19.0. The van der Waals surface area contributed by atoms with Gasteiger partial charge in [-0.3, -0.25) is 0 Å². The van der Waals surface area contributed by atoms with Crippen LogP contribution in [-0.2, 0) is 4.74 Å². The number of fused-ring (bicyclic) bond motifs is 5. The summed E-state index contributed by atoms with van der Waals surface area (Å²) in [6.07, 6.45) is 13.0. The van der Waals surface area contributed by atoms with Crippen LogP contribution in [0.25, 0.3) is 0 Å². The van der Waals surface area contributed by atoms with E-state index in [0.717, 1.165) is 42.1 Å². The topological polar surface area (TPSA) is 9.23 Å². The van der Waals surface area contributed by atoms with Gasteiger partial charge in [0.2, 0.25) is 0 Å². The molecule has 0 spiro atoms. The van der Waals surface area contributed by atoms with Crippen LogP contribution in [0, 0.1) is 46.3 Å². The van der Waals surface area contributed by atoms with Gasteiger partial charge in [0, 0.05) is 0 Å². The minimum atomic E-state index is 0.435. The third-order valence-corrected chi connectivity index (χ3v) is 8.39. The predicted molar refractivity (Wildman–Crippen MR) is 110 cm³/mol. The molecule has 3 aliphatic carbocycles. The minimum Gasteiger partial charge on any atom is -0.377 e. The molecule has 1 aliphatic heterocycles. The Balaban J connectivity index is 1.47. The van der Waals surface area contributed by atoms with Crippen LogP contribution in [0.2, 0.25) is 0 Å². The molecule has 0 radical (unpaired) electrons. The van der Waals surface area contributed by atoms with Gasteiger partial charge >= 0.3 is 0 Å². The summed E-state index contributed by atoms with van der Waals surface area (Å²) in [5.41, 5.74) is 2.71. The predicted octanol–water partition coefficient (Wildman–Crippen LogP) is 6.87. The fourth-order valence-electron chi connectivity index (χ4n) is 7.09. The molecular weight excluding hydrogens is 316 g/mol. The van der Waals surface area contributed by atoms with Gasteiger partial charge in [0.25, 0.3) is 0 Å². The molecule has 0 aromatic rings. The van der Waals surface area contributed by atoms with Gasteiger partial charge in [-0.1, -0.05) is 53.2 Å². The van der Waals surface area contributed by atoms with E-state index in [0.29, 0.717) is 16.9 Å². The van der Waals surface area contributed by atoms with E-state index >= 15 is 0 Å². The van der Waals surface area contributed by atoms with Crippen molar-refractivity contribution in [3.63, 3.8) is 0 Å². The molecule has 4 rings (SSSR count). The van der Waals surface area contributed by atoms with E-state index in [9.17, 15) is 0 Å². The molecule has 7 atom stereocenters. The minimum absolute atomic E-state index is 0.435. The molecule has 1 saturated heterocycles. The Morgan fingerprint density at radius 2 is 1.69 bits per heavy atom. The van der Waals surface area contributed by atoms with Gasteiger partial charge in [0.05, 0.1) is 12.7 Å². The zero-order chi connectivity index (χ0) is 18.7. The Labute approximate surface area is 162 Å². The molecule has 2 saturated carbocycles. The summed E-state index contributed by atoms with van der Waals surface area (Å²) in [6, 6.07) is 0. The van der Waals surface area contributed by atoms with Crippen LogP contribution in [0.3, 0.4) is 0 Å². The molecule has 4 aliphatic rings. The van der Waals surface area contributed by atoms with Crippen LogP contribution >= 0.6 is 0 Å². The third-order valence-electron chi connectivity index (χ3n) is 8.39. The highest BCUT2D eigenvalue weighted by Gasteiger charge is 2.51. The third kappa shape index (κ3) is 3.54. The molecular formula is C25H42O. The van der Waals surface area contributed by atoms with Crippen LogP contribution < -0.4 is 0 Å². The Kier molecular flexibility index (Phi) is 4.86. The van der Waals surface area contributed by atoms with Crippen molar-refractivity contribution in [3.05, 3.63) is 11.6 Å². The highest BCUT2D eigenvalue weighted by atomic mass is 16.5. The van der Waals surface area contributed by atoms with E-state index in [-0.39, 0.29) is 0 Å². The largest absolute Gasteiger partial charge is 0.377 e. The smallest absolute Gasteiger partial charge is 0.0634 e. The summed E-state index contributed by atoms with van der Waals surface area (Å²) in [4.78, 5) is 0. The molecule has 1 nitrogen and oxygen atoms in total. The Morgan fingerprint density at radius 1 is 0.923 bits per heavy atom. The van der Waals surface area contributed by atoms with E-state index in [1.807, 2.05) is 5.57 Å². The van der Waals surface area contributed by atoms with E-state index in [4.69, 9.17) is 4.74 Å². The maximum Gasteiger partial charge on any atom is 0.0634 e. The van der Waals surface area contributed by atoms with Crippen molar-refractivity contribution in [1.82, 2.24) is 0 Å². The Bertz CT molecular complexity index is 545. The zero-order valence-electron chi connectivity index (χ0n) is 18.2. The second kappa shape index (κ2) is 6.64. The normalized spacial score (nSPS) is 43.3. The van der Waals surface area contributed by atoms with Crippen molar-refractivity contribution in [3.8, 4) is 0 Å². The van der Waals surface area contributed by atoms with Crippen molar-refractivity contribution >= 4 is 0 Å². The molecule has 0 aromatic heterocycles. The van der Waals surface area contributed by atoms with Gasteiger partial charge < -0.3 is 4.74 Å². The highest BCUT2D eigenvalue weighted by molar-refractivity contribution is 5.19. The summed E-state index contributed by atoms with van der Waals surface area (Å²) in [6.45, 7) is 15.6. The van der Waals surface area contributed by atoms with Gasteiger partial charge in [-0.05, 0) is 91.3 Å². The lowest BCUT2D eigenvalue weighted by Crippen LogP contribution is -2.47. The molecule has 0 N–H and O–H groups in total. The molecule has 7 unspecified atom stereocenters. The number of rotatable bonds is 1. The van der Waals surface area contributed by atoms with E-state index in [1.165, 1.54) is 44.9 Å². The molecule has 1 heteroatoms. The van der Waals surface area contributed by atoms with Crippen LogP contribution in [0.15, 0.2) is 11.6 Å². The van der Waals surface area contributed by atoms with Crippen LogP contribution in [-0.4, -0.2) is 12.7 Å². The quantitative estimate of drug-likeness (QED) is 0.465. The van der Waals surface area contributed by atoms with Gasteiger partial charge in [-0.15, -0.1) is 0 Å². The lowest BCUT2D eigenvalue weighted by Gasteiger charge is -2.51. The number of hydrogen-bond acceptors (Lipinski definition) is 1. The van der Waals surface area contributed by atoms with Crippen LogP contribution in [0.1, 0.15) is 86.5 Å². The van der Waals surface area contributed by atoms with Crippen LogP contribution in [0.4, 0.5) is 0 Å². The van der Waals surface area contributed by atoms with Crippen LogP contribution in [0.5, 0.6) is 0 Å². The molecule has 0 amide bonds. The van der Waals surface area contributed by atoms with Crippen molar-refractivity contribution in [1.29, 1.82) is 0 Å². The maximum absolute atomic E-state index is 6.65. The standard InChI is InChI=1S/C25H42O/c1-24(2,3)14-17-8-11-21-20-10-7-16-13-18(25(4,5)6)9-12-19(16)22(20)15-26-23(17)21/h7,17-23H,8-15H2,1-6H3. The molecule has 1 heterocycles. The molecule has 0 aromatic carbocycles. The second-order valence-electron chi connectivity index (χ2n) is 12.4. The molecule has 26 heavy (non-hydrogen) atoms. The Morgan fingerprint density at radius 3 is 2.38 bits per heavy atom. The van der Waals surface area contributed by atoms with Crippen molar-refractivity contribution in [2.45, 2.75) is 92.6 Å². The lowest BCUT2D eigenvalue weighted by molar-refractivity contribution is -0.115. The molecule has 3 fully saturated rings. The first-order valence-corrected chi connectivity index (χ1v) is 11.4. The summed E-state index contributed by atoms with van der Waals surface area (Å²) in [7, 11) is 0. The second-order valence-corrected chi connectivity index (χ2v) is 12.4. The number of hydrogen-bond donors (Lipinski definition) is 0. The maximum atomic E-state index is 6.65. The average Bonchev–Trinajstić information content (AvgIpc) is 2.94. The van der Waals surface area contributed by atoms with Gasteiger partial charge in [-0.2, -0.15) is 0 Å². The van der Waals surface area contributed by atoms with E-state index in [1.54, 1.807) is 0 Å². The first-order chi connectivity index (χ1) is 12.1. The summed E-state index contributed by atoms with van der Waals surface area (Å²) in [5, 5.41) is 0. The average molecular weight is 359 g/mol. The molecule has 0 bridgehead atoms. The van der Waals surface area contributed by atoms with Gasteiger partial charge in [0.1, 0.15) is 0 Å². The Hall–Kier alpha value is -0.300. The van der Waals surface area contributed by atoms with Crippen molar-refractivity contribution in [2.75, 3.05) is 6.61 Å². The monoisotopic (exact) mass is 358 g/mol. The van der Waals surface area contributed by atoms with E-state index in [2.05, 4.69) is 47.6 Å². The summed E-state index contributed by atoms with van der Waals surface area (Å²) >= 11 is 0. The van der Waals surface area contributed by atoms with Gasteiger partial charge in [0.15, 0.2) is 0 Å². The SMILES string of the molecule is CC(C)(C)CC1CCC2C3CC=C4CC(C(C)(C)C)CCC4C3COC12. The lowest BCUT2D eigenvalue weighted by atomic mass is 9.58. The van der Waals surface area contributed by atoms with Gasteiger partial charge in [-0.25, -0.2) is 0 Å². The fourth-order valence-corrected chi connectivity index (χ4v) is 7.09. The summed E-state index contributed by atoms with van der Waals surface area (Å²) in [5.74, 6) is 5.11. The van der Waals surface area contributed by atoms with E-state index < -0.39 is 0 Å². The number of ether oxygens (including phenoxy) is 1. The molecule has 148 valence electrons. The number of allylic oxidation sites excluding steroid dienone is 2.